The summed E-state index contributed by atoms with van der Waals surface area (Å²) in [5.41, 5.74) is 4.48. The van der Waals surface area contributed by atoms with Crippen molar-refractivity contribution in [3.63, 3.8) is 0 Å². The van der Waals surface area contributed by atoms with Crippen molar-refractivity contribution >= 4 is 28.8 Å². The van der Waals surface area contributed by atoms with E-state index in [1.165, 1.54) is 11.3 Å². The molecule has 0 bridgehead atoms. The Morgan fingerprint density at radius 2 is 2.18 bits per heavy atom. The van der Waals surface area contributed by atoms with Gasteiger partial charge in [0.1, 0.15) is 16.5 Å². The standard InChI is InChI=1S/C20H25N3O4S/c1-5-20(3,4)13-7-8-16-15(9-13)23(18(24)11-26-16)10-17-21-14(12-28-17)19(25)22-27-6-2/h7-9,12H,5-6,10-11H2,1-4H3,(H,22,25). The average molecular weight is 404 g/mol. The Morgan fingerprint density at radius 1 is 1.39 bits per heavy atom. The van der Waals surface area contributed by atoms with Gasteiger partial charge in [0.25, 0.3) is 11.8 Å². The highest BCUT2D eigenvalue weighted by Crippen LogP contribution is 2.38. The Hall–Kier alpha value is -2.45. The first kappa shape index (κ1) is 20.3. The van der Waals surface area contributed by atoms with Crippen molar-refractivity contribution in [3.8, 4) is 5.75 Å². The molecule has 0 saturated heterocycles. The van der Waals surface area contributed by atoms with Crippen LogP contribution in [-0.4, -0.2) is 30.0 Å². The lowest BCUT2D eigenvalue weighted by Crippen LogP contribution is -2.38. The summed E-state index contributed by atoms with van der Waals surface area (Å²) in [6, 6.07) is 5.99. The number of nitrogens with zero attached hydrogens (tertiary/aromatic N) is 2. The molecule has 8 heteroatoms. The molecule has 1 N–H and O–H groups in total. The van der Waals surface area contributed by atoms with Crippen LogP contribution in [0, 0.1) is 0 Å². The molecule has 0 aliphatic carbocycles. The van der Waals surface area contributed by atoms with Gasteiger partial charge in [0.2, 0.25) is 0 Å². The van der Waals surface area contributed by atoms with Crippen LogP contribution in [0.25, 0.3) is 0 Å². The van der Waals surface area contributed by atoms with Gasteiger partial charge in [-0.3, -0.25) is 19.3 Å². The van der Waals surface area contributed by atoms with Crippen LogP contribution in [-0.2, 0) is 21.6 Å². The fourth-order valence-electron chi connectivity index (χ4n) is 2.81. The fourth-order valence-corrected chi connectivity index (χ4v) is 3.58. The van der Waals surface area contributed by atoms with Crippen LogP contribution in [0.15, 0.2) is 23.6 Å². The van der Waals surface area contributed by atoms with Crippen molar-refractivity contribution < 1.29 is 19.2 Å². The summed E-state index contributed by atoms with van der Waals surface area (Å²) in [6.45, 7) is 8.93. The van der Waals surface area contributed by atoms with Crippen molar-refractivity contribution in [3.05, 3.63) is 39.8 Å². The van der Waals surface area contributed by atoms with Gasteiger partial charge in [0.15, 0.2) is 6.61 Å². The van der Waals surface area contributed by atoms with Gasteiger partial charge in [-0.1, -0.05) is 26.8 Å². The van der Waals surface area contributed by atoms with E-state index < -0.39 is 5.91 Å². The fraction of sp³-hybridized carbons (Fsp3) is 0.450. The average Bonchev–Trinajstić information content (AvgIpc) is 3.16. The number of aromatic nitrogens is 1. The lowest BCUT2D eigenvalue weighted by molar-refractivity contribution is -0.121. The third-order valence-electron chi connectivity index (χ3n) is 4.95. The summed E-state index contributed by atoms with van der Waals surface area (Å²) < 4.78 is 5.60. The van der Waals surface area contributed by atoms with Gasteiger partial charge < -0.3 is 4.74 Å². The van der Waals surface area contributed by atoms with E-state index in [1.54, 1.807) is 17.2 Å². The minimum absolute atomic E-state index is 0.00703. The zero-order valence-electron chi connectivity index (χ0n) is 16.6. The molecule has 0 unspecified atom stereocenters. The third-order valence-corrected chi connectivity index (χ3v) is 5.79. The molecule has 28 heavy (non-hydrogen) atoms. The molecule has 2 amide bonds. The van der Waals surface area contributed by atoms with E-state index in [4.69, 9.17) is 9.57 Å². The van der Waals surface area contributed by atoms with Gasteiger partial charge in [-0.05, 0) is 36.5 Å². The highest BCUT2D eigenvalue weighted by atomic mass is 32.1. The van der Waals surface area contributed by atoms with Gasteiger partial charge >= 0.3 is 0 Å². The van der Waals surface area contributed by atoms with E-state index in [0.717, 1.165) is 17.7 Å². The molecule has 2 heterocycles. The van der Waals surface area contributed by atoms with Gasteiger partial charge in [0.05, 0.1) is 18.8 Å². The molecule has 0 spiro atoms. The first-order chi connectivity index (χ1) is 13.4. The van der Waals surface area contributed by atoms with Crippen molar-refractivity contribution in [2.24, 2.45) is 0 Å². The largest absolute Gasteiger partial charge is 0.482 e. The van der Waals surface area contributed by atoms with Crippen molar-refractivity contribution in [2.45, 2.75) is 46.1 Å². The molecule has 0 atom stereocenters. The number of hydrogen-bond donors (Lipinski definition) is 1. The molecule has 3 rings (SSSR count). The Labute approximate surface area is 168 Å². The number of benzene rings is 1. The quantitative estimate of drug-likeness (QED) is 0.717. The summed E-state index contributed by atoms with van der Waals surface area (Å²) in [5, 5.41) is 2.33. The summed E-state index contributed by atoms with van der Waals surface area (Å²) in [5.74, 6) is 0.153. The number of carbonyl (C=O) groups is 2. The van der Waals surface area contributed by atoms with Crippen LogP contribution in [0.4, 0.5) is 5.69 Å². The van der Waals surface area contributed by atoms with Crippen LogP contribution in [0.2, 0.25) is 0 Å². The molecular weight excluding hydrogens is 378 g/mol. The van der Waals surface area contributed by atoms with Crippen LogP contribution >= 0.6 is 11.3 Å². The van der Waals surface area contributed by atoms with Gasteiger partial charge in [0, 0.05) is 5.38 Å². The minimum atomic E-state index is -0.398. The summed E-state index contributed by atoms with van der Waals surface area (Å²) in [6.07, 6.45) is 0.978. The Balaban J connectivity index is 1.85. The normalized spacial score (nSPS) is 13.9. The zero-order valence-corrected chi connectivity index (χ0v) is 17.4. The third kappa shape index (κ3) is 4.18. The number of amides is 2. The number of nitrogens with one attached hydrogen (secondary N) is 1. The molecule has 0 fully saturated rings. The molecule has 1 aromatic heterocycles. The molecule has 0 saturated carbocycles. The maximum Gasteiger partial charge on any atom is 0.294 e. The Kier molecular flexibility index (Phi) is 6.00. The number of carbonyl (C=O) groups excluding carboxylic acids is 2. The van der Waals surface area contributed by atoms with E-state index in [2.05, 4.69) is 37.3 Å². The van der Waals surface area contributed by atoms with E-state index in [1.807, 2.05) is 12.1 Å². The number of ether oxygens (including phenoxy) is 1. The first-order valence-corrected chi connectivity index (χ1v) is 10.2. The van der Waals surface area contributed by atoms with E-state index >= 15 is 0 Å². The van der Waals surface area contributed by atoms with Crippen LogP contribution in [0.5, 0.6) is 5.75 Å². The number of anilines is 1. The van der Waals surface area contributed by atoms with E-state index in [-0.39, 0.29) is 30.2 Å². The highest BCUT2D eigenvalue weighted by Gasteiger charge is 2.29. The number of thiazole rings is 1. The van der Waals surface area contributed by atoms with Crippen LogP contribution in [0.1, 0.15) is 55.2 Å². The van der Waals surface area contributed by atoms with Crippen molar-refractivity contribution in [1.29, 1.82) is 0 Å². The summed E-state index contributed by atoms with van der Waals surface area (Å²) in [4.78, 5) is 35.5. The number of rotatable bonds is 7. The molecular formula is C20H25N3O4S. The maximum atomic E-state index is 12.6. The summed E-state index contributed by atoms with van der Waals surface area (Å²) in [7, 11) is 0. The molecule has 1 aliphatic heterocycles. The molecule has 0 radical (unpaired) electrons. The molecule has 150 valence electrons. The van der Waals surface area contributed by atoms with E-state index in [9.17, 15) is 9.59 Å². The zero-order chi connectivity index (χ0) is 20.3. The second-order valence-electron chi connectivity index (χ2n) is 7.18. The predicted octanol–water partition coefficient (Wildman–Crippen LogP) is 3.44. The monoisotopic (exact) mass is 403 g/mol. The molecule has 2 aromatic rings. The van der Waals surface area contributed by atoms with Gasteiger partial charge in [-0.15, -0.1) is 11.3 Å². The highest BCUT2D eigenvalue weighted by molar-refractivity contribution is 7.09. The summed E-state index contributed by atoms with van der Waals surface area (Å²) >= 11 is 1.33. The maximum absolute atomic E-state index is 12.6. The van der Waals surface area contributed by atoms with Gasteiger partial charge in [-0.2, -0.15) is 0 Å². The van der Waals surface area contributed by atoms with Gasteiger partial charge in [-0.25, -0.2) is 10.5 Å². The lowest BCUT2D eigenvalue weighted by atomic mass is 9.82. The van der Waals surface area contributed by atoms with Crippen LogP contribution < -0.4 is 15.1 Å². The molecule has 7 nitrogen and oxygen atoms in total. The lowest BCUT2D eigenvalue weighted by Gasteiger charge is -2.31. The molecule has 1 aromatic carbocycles. The molecule has 1 aliphatic rings. The SMILES string of the molecule is CCONC(=O)c1csc(CN2C(=O)COc3ccc(C(C)(C)CC)cc32)n1. The second kappa shape index (κ2) is 8.28. The smallest absolute Gasteiger partial charge is 0.294 e. The minimum Gasteiger partial charge on any atom is -0.482 e. The Bertz CT molecular complexity index is 878. The topological polar surface area (TPSA) is 80.8 Å². The number of fused-ring (bicyclic) bond motifs is 1. The number of hydroxylamine groups is 1. The van der Waals surface area contributed by atoms with E-state index in [0.29, 0.717) is 17.4 Å². The van der Waals surface area contributed by atoms with Crippen molar-refractivity contribution in [1.82, 2.24) is 10.5 Å². The second-order valence-corrected chi connectivity index (χ2v) is 8.12. The first-order valence-electron chi connectivity index (χ1n) is 9.30. The van der Waals surface area contributed by atoms with Crippen molar-refractivity contribution in [2.75, 3.05) is 18.1 Å². The number of hydrogen-bond acceptors (Lipinski definition) is 6. The van der Waals surface area contributed by atoms with Crippen LogP contribution in [0.3, 0.4) is 0 Å². The predicted molar refractivity (Wildman–Crippen MR) is 108 cm³/mol. The Morgan fingerprint density at radius 3 is 2.89 bits per heavy atom.